The number of nitrogens with two attached hydrogens (primary N) is 1. The first-order valence-corrected chi connectivity index (χ1v) is 8.26. The van der Waals surface area contributed by atoms with E-state index >= 15 is 0 Å². The number of carbonyl (C=O) groups excluding carboxylic acids is 1. The second-order valence-electron chi connectivity index (χ2n) is 6.80. The van der Waals surface area contributed by atoms with Crippen molar-refractivity contribution in [2.24, 2.45) is 11.7 Å². The number of ether oxygens (including phenoxy) is 1. The van der Waals surface area contributed by atoms with Crippen LogP contribution in [-0.4, -0.2) is 42.1 Å². The maximum Gasteiger partial charge on any atom is 0.239 e. The molecule has 2 aliphatic rings. The summed E-state index contributed by atoms with van der Waals surface area (Å²) in [7, 11) is 0. The summed E-state index contributed by atoms with van der Waals surface area (Å²) in [6.07, 6.45) is 8.61. The molecule has 2 rings (SSSR count). The first kappa shape index (κ1) is 18.7. The fraction of sp³-hybridized carbons (Fsp3) is 0.938. The first-order valence-electron chi connectivity index (χ1n) is 8.26. The monoisotopic (exact) mass is 318 g/mol. The summed E-state index contributed by atoms with van der Waals surface area (Å²) in [6, 6.07) is -0.331. The van der Waals surface area contributed by atoms with Gasteiger partial charge in [-0.15, -0.1) is 12.4 Å². The fourth-order valence-corrected chi connectivity index (χ4v) is 3.35. The summed E-state index contributed by atoms with van der Waals surface area (Å²) in [5.41, 5.74) is 5.99. The number of hydrogen-bond donors (Lipinski definition) is 1. The van der Waals surface area contributed by atoms with Crippen LogP contribution >= 0.6 is 12.4 Å². The van der Waals surface area contributed by atoms with Crippen molar-refractivity contribution in [1.82, 2.24) is 4.90 Å². The predicted molar refractivity (Wildman–Crippen MR) is 87.6 cm³/mol. The van der Waals surface area contributed by atoms with Gasteiger partial charge in [-0.05, 0) is 38.0 Å². The number of nitrogens with zero attached hydrogens (tertiary/aromatic N) is 1. The van der Waals surface area contributed by atoms with Gasteiger partial charge < -0.3 is 15.4 Å². The van der Waals surface area contributed by atoms with E-state index in [9.17, 15) is 4.79 Å². The van der Waals surface area contributed by atoms with E-state index in [1.54, 1.807) is 0 Å². The Labute approximate surface area is 135 Å². The average Bonchev–Trinajstić information content (AvgIpc) is 2.91. The van der Waals surface area contributed by atoms with Crippen LogP contribution in [0.3, 0.4) is 0 Å². The SMILES string of the molecule is CC(C)C[C@H](N)C(=O)N1CCC(OC2CCCC2)CC1.Cl. The van der Waals surface area contributed by atoms with Crippen LogP contribution in [0.4, 0.5) is 0 Å². The zero-order valence-electron chi connectivity index (χ0n) is 13.4. The molecule has 4 nitrogen and oxygen atoms in total. The summed E-state index contributed by atoms with van der Waals surface area (Å²) in [6.45, 7) is 5.83. The van der Waals surface area contributed by atoms with Gasteiger partial charge in [0.25, 0.3) is 0 Å². The highest BCUT2D eigenvalue weighted by molar-refractivity contribution is 5.85. The molecule has 1 saturated carbocycles. The minimum absolute atomic E-state index is 0. The molecule has 0 aromatic heterocycles. The number of piperidine rings is 1. The highest BCUT2D eigenvalue weighted by atomic mass is 35.5. The number of rotatable bonds is 5. The Morgan fingerprint density at radius 3 is 2.19 bits per heavy atom. The molecule has 2 fully saturated rings. The van der Waals surface area contributed by atoms with Gasteiger partial charge in [-0.25, -0.2) is 0 Å². The second kappa shape index (κ2) is 8.96. The number of halogens is 1. The molecule has 1 atom stereocenters. The quantitative estimate of drug-likeness (QED) is 0.848. The van der Waals surface area contributed by atoms with Crippen molar-refractivity contribution in [3.05, 3.63) is 0 Å². The van der Waals surface area contributed by atoms with Crippen LogP contribution in [0.15, 0.2) is 0 Å². The maximum atomic E-state index is 12.2. The van der Waals surface area contributed by atoms with Gasteiger partial charge >= 0.3 is 0 Å². The summed E-state index contributed by atoms with van der Waals surface area (Å²) < 4.78 is 6.14. The minimum atomic E-state index is -0.331. The van der Waals surface area contributed by atoms with Crippen LogP contribution < -0.4 is 5.73 Å². The van der Waals surface area contributed by atoms with Crippen molar-refractivity contribution in [2.45, 2.75) is 77.0 Å². The zero-order valence-corrected chi connectivity index (χ0v) is 14.2. The Balaban J connectivity index is 0.00000220. The van der Waals surface area contributed by atoms with Gasteiger partial charge in [-0.2, -0.15) is 0 Å². The van der Waals surface area contributed by atoms with Gasteiger partial charge in [0.2, 0.25) is 5.91 Å². The van der Waals surface area contributed by atoms with E-state index in [4.69, 9.17) is 10.5 Å². The van der Waals surface area contributed by atoms with E-state index in [0.29, 0.717) is 18.1 Å². The number of likely N-dealkylation sites (tertiary alicyclic amines) is 1. The average molecular weight is 319 g/mol. The van der Waals surface area contributed by atoms with Crippen molar-refractivity contribution >= 4 is 18.3 Å². The molecule has 1 amide bonds. The molecule has 21 heavy (non-hydrogen) atoms. The molecular weight excluding hydrogens is 288 g/mol. The smallest absolute Gasteiger partial charge is 0.239 e. The Kier molecular flexibility index (Phi) is 7.99. The Hall–Kier alpha value is -0.320. The first-order chi connectivity index (χ1) is 9.56. The van der Waals surface area contributed by atoms with Gasteiger partial charge in [0.05, 0.1) is 18.2 Å². The van der Waals surface area contributed by atoms with Gasteiger partial charge in [0.15, 0.2) is 0 Å². The van der Waals surface area contributed by atoms with Gasteiger partial charge in [0.1, 0.15) is 0 Å². The third kappa shape index (κ3) is 5.76. The standard InChI is InChI=1S/C16H30N2O2.ClH/c1-12(2)11-15(17)16(19)18-9-7-14(8-10-18)20-13-5-3-4-6-13;/h12-15H,3-11,17H2,1-2H3;1H/t15-;/m0./s1. The molecule has 5 heteroatoms. The molecule has 0 unspecified atom stereocenters. The van der Waals surface area contributed by atoms with Crippen LogP contribution in [-0.2, 0) is 9.53 Å². The normalized spacial score (nSPS) is 22.4. The van der Waals surface area contributed by atoms with E-state index in [1.165, 1.54) is 25.7 Å². The lowest BCUT2D eigenvalue weighted by Gasteiger charge is -2.34. The Morgan fingerprint density at radius 2 is 1.67 bits per heavy atom. The largest absolute Gasteiger partial charge is 0.375 e. The third-order valence-corrected chi connectivity index (χ3v) is 4.48. The van der Waals surface area contributed by atoms with E-state index in [2.05, 4.69) is 13.8 Å². The lowest BCUT2D eigenvalue weighted by Crippen LogP contribution is -2.48. The lowest BCUT2D eigenvalue weighted by molar-refractivity contribution is -0.136. The zero-order chi connectivity index (χ0) is 14.5. The number of hydrogen-bond acceptors (Lipinski definition) is 3. The van der Waals surface area contributed by atoms with Crippen molar-refractivity contribution < 1.29 is 9.53 Å². The lowest BCUT2D eigenvalue weighted by atomic mass is 10.0. The fourth-order valence-electron chi connectivity index (χ4n) is 3.35. The van der Waals surface area contributed by atoms with Gasteiger partial charge in [-0.1, -0.05) is 26.7 Å². The highest BCUT2D eigenvalue weighted by Gasteiger charge is 2.28. The number of amides is 1. The summed E-state index contributed by atoms with van der Waals surface area (Å²) in [5, 5.41) is 0. The molecule has 1 heterocycles. The molecule has 0 aromatic carbocycles. The summed E-state index contributed by atoms with van der Waals surface area (Å²) in [4.78, 5) is 14.2. The Bertz CT molecular complexity index is 311. The van der Waals surface area contributed by atoms with Gasteiger partial charge in [0, 0.05) is 13.1 Å². The third-order valence-electron chi connectivity index (χ3n) is 4.48. The van der Waals surface area contributed by atoms with Crippen LogP contribution in [0.5, 0.6) is 0 Å². The minimum Gasteiger partial charge on any atom is -0.375 e. The van der Waals surface area contributed by atoms with Crippen molar-refractivity contribution in [3.8, 4) is 0 Å². The van der Waals surface area contributed by atoms with E-state index in [1.807, 2.05) is 4.90 Å². The van der Waals surface area contributed by atoms with Crippen LogP contribution in [0.2, 0.25) is 0 Å². The highest BCUT2D eigenvalue weighted by Crippen LogP contribution is 2.25. The van der Waals surface area contributed by atoms with Gasteiger partial charge in [-0.3, -0.25) is 4.79 Å². The molecule has 0 aromatic rings. The molecule has 0 radical (unpaired) electrons. The molecule has 0 bridgehead atoms. The Morgan fingerprint density at radius 1 is 1.14 bits per heavy atom. The van der Waals surface area contributed by atoms with Crippen LogP contribution in [0, 0.1) is 5.92 Å². The molecule has 124 valence electrons. The number of carbonyl (C=O) groups is 1. The second-order valence-corrected chi connectivity index (χ2v) is 6.80. The molecule has 2 N–H and O–H groups in total. The molecule has 0 spiro atoms. The summed E-state index contributed by atoms with van der Waals surface area (Å²) in [5.74, 6) is 0.593. The molecular formula is C16H31ClN2O2. The van der Waals surface area contributed by atoms with Crippen molar-refractivity contribution in [2.75, 3.05) is 13.1 Å². The van der Waals surface area contributed by atoms with Crippen LogP contribution in [0.25, 0.3) is 0 Å². The molecule has 1 saturated heterocycles. The maximum absolute atomic E-state index is 12.2. The van der Waals surface area contributed by atoms with Crippen molar-refractivity contribution in [1.29, 1.82) is 0 Å². The summed E-state index contributed by atoms with van der Waals surface area (Å²) >= 11 is 0. The van der Waals surface area contributed by atoms with E-state index in [-0.39, 0.29) is 24.4 Å². The molecule has 1 aliphatic heterocycles. The topological polar surface area (TPSA) is 55.6 Å². The van der Waals surface area contributed by atoms with Crippen molar-refractivity contribution in [3.63, 3.8) is 0 Å². The van der Waals surface area contributed by atoms with E-state index < -0.39 is 0 Å². The van der Waals surface area contributed by atoms with E-state index in [0.717, 1.165) is 32.4 Å². The predicted octanol–water partition coefficient (Wildman–Crippen LogP) is 2.73. The molecule has 1 aliphatic carbocycles. The van der Waals surface area contributed by atoms with Crippen LogP contribution in [0.1, 0.15) is 58.8 Å².